The summed E-state index contributed by atoms with van der Waals surface area (Å²) in [5, 5.41) is 7.92. The number of amides is 5. The molecule has 43 heavy (non-hydrogen) atoms. The van der Waals surface area contributed by atoms with Crippen LogP contribution in [0.4, 0.5) is 0 Å². The van der Waals surface area contributed by atoms with Gasteiger partial charge in [-0.25, -0.2) is 0 Å². The van der Waals surface area contributed by atoms with Crippen LogP contribution in [-0.2, 0) is 47.7 Å². The third kappa shape index (κ3) is 15.7. The van der Waals surface area contributed by atoms with E-state index in [1.165, 1.54) is 12.2 Å². The van der Waals surface area contributed by atoms with Crippen molar-refractivity contribution in [1.29, 1.82) is 0 Å². The minimum absolute atomic E-state index is 0. The van der Waals surface area contributed by atoms with E-state index in [9.17, 15) is 28.8 Å². The van der Waals surface area contributed by atoms with Gasteiger partial charge in [0.2, 0.25) is 17.7 Å². The standard InChI is InChI=1S/C29H48N4O10.3H2/c1-6-29(4,5)27(38)21(2)32-28(39)22(3)31-24(35)10-13-40-15-17-42-19-20-43-18-16-41-14-11-30-23(34)9-12-33-25(36)7-8-26(33)37;;;/h7-8,21-22H,6,9-20H2,1-5H3,(H,30,34)(H,31,35)(H,32,39);3*1H/t21-,22-;;;/m0.../s1. The predicted molar refractivity (Wildman–Crippen MR) is 162 cm³/mol. The fourth-order valence-electron chi connectivity index (χ4n) is 3.69. The first kappa shape index (κ1) is 37.8. The third-order valence-corrected chi connectivity index (χ3v) is 6.69. The maximum absolute atomic E-state index is 12.4. The molecular weight excluding hydrogens is 564 g/mol. The van der Waals surface area contributed by atoms with E-state index in [1.807, 2.05) is 20.8 Å². The van der Waals surface area contributed by atoms with Crippen LogP contribution in [0.3, 0.4) is 0 Å². The van der Waals surface area contributed by atoms with Crippen LogP contribution >= 0.6 is 0 Å². The molecule has 0 spiro atoms. The number of hydrogen-bond donors (Lipinski definition) is 3. The van der Waals surface area contributed by atoms with Crippen molar-refractivity contribution in [1.82, 2.24) is 20.9 Å². The lowest BCUT2D eigenvalue weighted by Gasteiger charge is -2.26. The monoisotopic (exact) mass is 618 g/mol. The van der Waals surface area contributed by atoms with Crippen molar-refractivity contribution >= 4 is 35.3 Å². The van der Waals surface area contributed by atoms with Gasteiger partial charge in [0.1, 0.15) is 6.04 Å². The van der Waals surface area contributed by atoms with Crippen LogP contribution in [0, 0.1) is 5.41 Å². The fourth-order valence-corrected chi connectivity index (χ4v) is 3.69. The molecule has 14 nitrogen and oxygen atoms in total. The molecular formula is C29H54N4O10. The molecule has 0 saturated heterocycles. The molecule has 250 valence electrons. The van der Waals surface area contributed by atoms with Gasteiger partial charge in [-0.05, 0) is 20.3 Å². The SMILES string of the molecule is CCC(C)(C)C(=O)[C@H](C)NC(=O)[C@H](C)NC(=O)CCOCCOCCOCCOCCNC(=O)CCN1C(=O)C=CC1=O.[HH].[HH].[HH]. The normalized spacial score (nSPS) is 14.5. The first-order valence-electron chi connectivity index (χ1n) is 14.6. The Hall–Kier alpha value is -3.20. The Kier molecular flexibility index (Phi) is 18.2. The second-order valence-electron chi connectivity index (χ2n) is 10.6. The highest BCUT2D eigenvalue weighted by atomic mass is 16.6. The molecule has 0 bridgehead atoms. The number of nitrogens with one attached hydrogen (secondary N) is 3. The van der Waals surface area contributed by atoms with Gasteiger partial charge < -0.3 is 34.9 Å². The highest BCUT2D eigenvalue weighted by Gasteiger charge is 2.31. The van der Waals surface area contributed by atoms with Gasteiger partial charge in [0.15, 0.2) is 5.78 Å². The van der Waals surface area contributed by atoms with E-state index >= 15 is 0 Å². The summed E-state index contributed by atoms with van der Waals surface area (Å²) in [7, 11) is 0. The van der Waals surface area contributed by atoms with E-state index in [1.54, 1.807) is 13.8 Å². The van der Waals surface area contributed by atoms with Crippen molar-refractivity contribution in [2.45, 2.75) is 66.0 Å². The Morgan fingerprint density at radius 1 is 0.767 bits per heavy atom. The summed E-state index contributed by atoms with van der Waals surface area (Å²) in [6.07, 6.45) is 3.14. The van der Waals surface area contributed by atoms with E-state index in [-0.39, 0.29) is 47.9 Å². The Balaban J connectivity index is -0.00000616. The van der Waals surface area contributed by atoms with Crippen LogP contribution in [0.5, 0.6) is 0 Å². The van der Waals surface area contributed by atoms with Crippen molar-refractivity contribution < 1.29 is 52.0 Å². The van der Waals surface area contributed by atoms with Crippen molar-refractivity contribution in [2.24, 2.45) is 5.41 Å². The molecule has 3 N–H and O–H groups in total. The first-order chi connectivity index (χ1) is 20.4. The van der Waals surface area contributed by atoms with Crippen LogP contribution in [0.25, 0.3) is 0 Å². The van der Waals surface area contributed by atoms with Crippen LogP contribution < -0.4 is 16.0 Å². The number of carbonyl (C=O) groups is 6. The first-order valence-corrected chi connectivity index (χ1v) is 14.6. The van der Waals surface area contributed by atoms with Crippen LogP contribution in [0.2, 0.25) is 0 Å². The van der Waals surface area contributed by atoms with Crippen molar-refractivity contribution in [2.75, 3.05) is 65.9 Å². The molecule has 1 heterocycles. The van der Waals surface area contributed by atoms with Gasteiger partial charge >= 0.3 is 0 Å². The molecule has 0 aromatic carbocycles. The zero-order valence-corrected chi connectivity index (χ0v) is 26.0. The molecule has 0 radical (unpaired) electrons. The van der Waals surface area contributed by atoms with Gasteiger partial charge in [-0.2, -0.15) is 0 Å². The molecule has 14 heteroatoms. The Morgan fingerprint density at radius 2 is 1.28 bits per heavy atom. The van der Waals surface area contributed by atoms with Gasteiger partial charge in [-0.3, -0.25) is 33.7 Å². The molecule has 0 aromatic heterocycles. The third-order valence-electron chi connectivity index (χ3n) is 6.69. The van der Waals surface area contributed by atoms with Gasteiger partial charge in [-0.1, -0.05) is 20.8 Å². The molecule has 2 atom stereocenters. The van der Waals surface area contributed by atoms with E-state index in [0.717, 1.165) is 4.90 Å². The summed E-state index contributed by atoms with van der Waals surface area (Å²) >= 11 is 0. The quantitative estimate of drug-likeness (QED) is 0.103. The molecule has 0 fully saturated rings. The van der Waals surface area contributed by atoms with E-state index in [4.69, 9.17) is 18.9 Å². The number of carbonyl (C=O) groups excluding carboxylic acids is 6. The zero-order valence-electron chi connectivity index (χ0n) is 26.0. The van der Waals surface area contributed by atoms with Crippen molar-refractivity contribution in [3.8, 4) is 0 Å². The van der Waals surface area contributed by atoms with Crippen LogP contribution in [-0.4, -0.2) is 118 Å². The Morgan fingerprint density at radius 3 is 1.81 bits per heavy atom. The molecule has 0 saturated carbocycles. The minimum atomic E-state index is -0.780. The largest absolute Gasteiger partial charge is 0.379 e. The average molecular weight is 619 g/mol. The summed E-state index contributed by atoms with van der Waals surface area (Å²) in [4.78, 5) is 72.5. The molecule has 5 amide bonds. The maximum atomic E-state index is 12.4. The lowest BCUT2D eigenvalue weighted by atomic mass is 9.82. The highest BCUT2D eigenvalue weighted by Crippen LogP contribution is 2.22. The van der Waals surface area contributed by atoms with Gasteiger partial charge in [-0.15, -0.1) is 0 Å². The van der Waals surface area contributed by atoms with E-state index in [2.05, 4.69) is 16.0 Å². The summed E-state index contributed by atoms with van der Waals surface area (Å²) < 4.78 is 21.5. The Labute approximate surface area is 258 Å². The molecule has 1 aliphatic heterocycles. The summed E-state index contributed by atoms with van der Waals surface area (Å²) in [5.74, 6) is -1.91. The second kappa shape index (κ2) is 20.7. The van der Waals surface area contributed by atoms with Crippen LogP contribution in [0.15, 0.2) is 12.2 Å². The smallest absolute Gasteiger partial charge is 0.253 e. The van der Waals surface area contributed by atoms with E-state index in [0.29, 0.717) is 59.2 Å². The average Bonchev–Trinajstić information content (AvgIpc) is 3.29. The molecule has 0 unspecified atom stereocenters. The number of nitrogens with zero attached hydrogens (tertiary/aromatic N) is 1. The zero-order chi connectivity index (χ0) is 32.3. The fraction of sp³-hybridized carbons (Fsp3) is 0.724. The number of rotatable bonds is 24. The summed E-state index contributed by atoms with van der Waals surface area (Å²) in [6, 6.07) is -1.42. The minimum Gasteiger partial charge on any atom is -0.379 e. The summed E-state index contributed by atoms with van der Waals surface area (Å²) in [6.45, 7) is 11.7. The van der Waals surface area contributed by atoms with Crippen molar-refractivity contribution in [3.63, 3.8) is 0 Å². The van der Waals surface area contributed by atoms with Gasteiger partial charge in [0.25, 0.3) is 11.8 Å². The molecule has 0 aliphatic carbocycles. The lowest BCUT2D eigenvalue weighted by molar-refractivity contribution is -0.137. The van der Waals surface area contributed by atoms with Crippen LogP contribution in [0.1, 0.15) is 58.2 Å². The maximum Gasteiger partial charge on any atom is 0.253 e. The van der Waals surface area contributed by atoms with Gasteiger partial charge in [0, 0.05) is 47.8 Å². The van der Waals surface area contributed by atoms with Crippen molar-refractivity contribution in [3.05, 3.63) is 12.2 Å². The molecule has 0 aromatic rings. The number of imide groups is 1. The molecule has 1 aliphatic rings. The second-order valence-corrected chi connectivity index (χ2v) is 10.6. The number of Topliss-reactive ketones (excluding diaryl/α,β-unsaturated/α-hetero) is 1. The van der Waals surface area contributed by atoms with E-state index < -0.39 is 35.2 Å². The van der Waals surface area contributed by atoms with Gasteiger partial charge in [0.05, 0.1) is 58.9 Å². The Bertz CT molecular complexity index is 967. The number of ether oxygens (including phenoxy) is 4. The molecule has 1 rings (SSSR count). The predicted octanol–water partition coefficient (Wildman–Crippen LogP) is 0.627. The topological polar surface area (TPSA) is 179 Å². The number of hydrogen-bond acceptors (Lipinski definition) is 10. The summed E-state index contributed by atoms with van der Waals surface area (Å²) in [5.41, 5.74) is -0.533. The number of ketones is 1. The highest BCUT2D eigenvalue weighted by molar-refractivity contribution is 6.13. The lowest BCUT2D eigenvalue weighted by Crippen LogP contribution is -2.51.